The minimum Gasteiger partial charge on any atom is -0.495 e. The van der Waals surface area contributed by atoms with Crippen molar-refractivity contribution in [3.05, 3.63) is 24.3 Å². The lowest BCUT2D eigenvalue weighted by Crippen LogP contribution is -2.50. The zero-order valence-corrected chi connectivity index (χ0v) is 12.0. The van der Waals surface area contributed by atoms with Gasteiger partial charge in [0.2, 0.25) is 0 Å². The molecule has 3 heteroatoms. The summed E-state index contributed by atoms with van der Waals surface area (Å²) in [4.78, 5) is 2.42. The van der Waals surface area contributed by atoms with Gasteiger partial charge in [0.25, 0.3) is 0 Å². The van der Waals surface area contributed by atoms with Crippen LogP contribution in [0.2, 0.25) is 0 Å². The summed E-state index contributed by atoms with van der Waals surface area (Å²) in [5.74, 6) is 1.44. The van der Waals surface area contributed by atoms with E-state index in [9.17, 15) is 0 Å². The van der Waals surface area contributed by atoms with E-state index in [1.54, 1.807) is 7.11 Å². The number of hydrogen-bond acceptors (Lipinski definition) is 3. The predicted octanol–water partition coefficient (Wildman–Crippen LogP) is 3.60. The summed E-state index contributed by atoms with van der Waals surface area (Å²) in [5.41, 5.74) is 1.22. The van der Waals surface area contributed by atoms with Crippen LogP contribution in [0.15, 0.2) is 24.3 Å². The van der Waals surface area contributed by atoms with Gasteiger partial charge >= 0.3 is 0 Å². The van der Waals surface area contributed by atoms with E-state index in [0.717, 1.165) is 30.8 Å². The van der Waals surface area contributed by atoms with Crippen molar-refractivity contribution in [1.29, 1.82) is 5.26 Å². The van der Waals surface area contributed by atoms with E-state index in [-0.39, 0.29) is 5.54 Å². The van der Waals surface area contributed by atoms with Gasteiger partial charge in [-0.15, -0.1) is 0 Å². The van der Waals surface area contributed by atoms with Gasteiger partial charge in [-0.3, -0.25) is 0 Å². The lowest BCUT2D eigenvalue weighted by atomic mass is 9.81. The van der Waals surface area contributed by atoms with Crippen LogP contribution >= 0.6 is 0 Å². The lowest BCUT2D eigenvalue weighted by Gasteiger charge is -2.47. The van der Waals surface area contributed by atoms with Gasteiger partial charge in [-0.25, -0.2) is 0 Å². The second-order valence-electron chi connectivity index (χ2n) is 5.86. The second kappa shape index (κ2) is 5.52. The summed E-state index contributed by atoms with van der Waals surface area (Å²) < 4.78 is 5.47. The normalized spacial score (nSPS) is 21.8. The first kappa shape index (κ1) is 13.7. The molecule has 1 heterocycles. The van der Waals surface area contributed by atoms with Crippen LogP contribution in [0.1, 0.15) is 33.1 Å². The topological polar surface area (TPSA) is 36.3 Å². The van der Waals surface area contributed by atoms with Crippen molar-refractivity contribution in [3.63, 3.8) is 0 Å². The minimum absolute atomic E-state index is 0.0639. The number of nitrogens with zero attached hydrogens (tertiary/aromatic N) is 2. The number of piperidine rings is 1. The van der Waals surface area contributed by atoms with Crippen LogP contribution in [0, 0.1) is 17.2 Å². The van der Waals surface area contributed by atoms with E-state index in [0.29, 0.717) is 12.3 Å². The van der Waals surface area contributed by atoms with Gasteiger partial charge in [-0.05, 0) is 44.7 Å². The highest BCUT2D eigenvalue weighted by molar-refractivity contribution is 5.60. The summed E-state index contributed by atoms with van der Waals surface area (Å²) >= 11 is 0. The fraction of sp³-hybridized carbons (Fsp3) is 0.562. The van der Waals surface area contributed by atoms with Crippen LogP contribution in [0.5, 0.6) is 5.75 Å². The number of nitriles is 1. The molecule has 1 aromatic rings. The number of para-hydroxylation sites is 2. The van der Waals surface area contributed by atoms with Crippen molar-refractivity contribution in [2.75, 3.05) is 18.6 Å². The Morgan fingerprint density at radius 2 is 2.16 bits per heavy atom. The summed E-state index contributed by atoms with van der Waals surface area (Å²) in [7, 11) is 1.72. The second-order valence-corrected chi connectivity index (χ2v) is 5.86. The first-order valence-corrected chi connectivity index (χ1v) is 6.86. The first-order chi connectivity index (χ1) is 9.08. The van der Waals surface area contributed by atoms with Crippen LogP contribution in [0.4, 0.5) is 5.69 Å². The first-order valence-electron chi connectivity index (χ1n) is 6.86. The van der Waals surface area contributed by atoms with Gasteiger partial charge in [0.1, 0.15) is 5.75 Å². The van der Waals surface area contributed by atoms with Crippen LogP contribution in [0.3, 0.4) is 0 Å². The Morgan fingerprint density at radius 3 is 2.79 bits per heavy atom. The number of ether oxygens (including phenoxy) is 1. The van der Waals surface area contributed by atoms with E-state index < -0.39 is 0 Å². The molecule has 1 unspecified atom stereocenters. The molecule has 0 spiro atoms. The average molecular weight is 258 g/mol. The molecule has 0 amide bonds. The zero-order valence-electron chi connectivity index (χ0n) is 12.0. The Hall–Kier alpha value is -1.69. The molecule has 102 valence electrons. The fourth-order valence-electron chi connectivity index (χ4n) is 3.14. The molecule has 0 aliphatic carbocycles. The summed E-state index contributed by atoms with van der Waals surface area (Å²) in [6.45, 7) is 5.49. The molecular formula is C16H22N2O. The molecule has 2 rings (SSSR count). The van der Waals surface area contributed by atoms with E-state index in [4.69, 9.17) is 10.00 Å². The minimum atomic E-state index is 0.0639. The summed E-state index contributed by atoms with van der Waals surface area (Å²) in [5, 5.41) is 8.87. The Labute approximate surface area is 115 Å². The van der Waals surface area contributed by atoms with E-state index in [1.807, 2.05) is 12.1 Å². The molecule has 0 saturated carbocycles. The molecule has 1 atom stereocenters. The molecule has 0 N–H and O–H groups in total. The van der Waals surface area contributed by atoms with Crippen LogP contribution in [0.25, 0.3) is 0 Å². The smallest absolute Gasteiger partial charge is 0.142 e. The maximum Gasteiger partial charge on any atom is 0.142 e. The Balaban J connectivity index is 2.24. The van der Waals surface area contributed by atoms with Gasteiger partial charge < -0.3 is 9.64 Å². The van der Waals surface area contributed by atoms with Gasteiger partial charge in [0.05, 0.1) is 18.9 Å². The van der Waals surface area contributed by atoms with Gasteiger partial charge in [0.15, 0.2) is 0 Å². The zero-order chi connectivity index (χ0) is 13.9. The highest BCUT2D eigenvalue weighted by atomic mass is 16.5. The van der Waals surface area contributed by atoms with Crippen molar-refractivity contribution in [1.82, 2.24) is 0 Å². The maximum absolute atomic E-state index is 8.87. The van der Waals surface area contributed by atoms with Crippen molar-refractivity contribution < 1.29 is 4.74 Å². The number of benzene rings is 1. The highest BCUT2D eigenvalue weighted by Crippen LogP contribution is 2.40. The maximum atomic E-state index is 8.87. The van der Waals surface area contributed by atoms with Crippen molar-refractivity contribution in [2.24, 2.45) is 5.92 Å². The molecule has 0 aromatic heterocycles. The summed E-state index contributed by atoms with van der Waals surface area (Å²) in [6.07, 6.45) is 2.80. The molecular weight excluding hydrogens is 236 g/mol. The standard InChI is InChI=1S/C16H22N2O/c1-16(2)12-13(8-10-17)9-11-18(16)14-6-4-5-7-15(14)19-3/h4-7,13H,8-9,11-12H2,1-3H3. The number of anilines is 1. The van der Waals surface area contributed by atoms with E-state index in [2.05, 4.69) is 36.9 Å². The number of hydrogen-bond donors (Lipinski definition) is 0. The largest absolute Gasteiger partial charge is 0.495 e. The molecule has 19 heavy (non-hydrogen) atoms. The summed E-state index contributed by atoms with van der Waals surface area (Å²) in [6, 6.07) is 10.5. The number of rotatable bonds is 3. The molecule has 1 fully saturated rings. The number of methoxy groups -OCH3 is 1. The lowest BCUT2D eigenvalue weighted by molar-refractivity contribution is 0.274. The molecule has 3 nitrogen and oxygen atoms in total. The quantitative estimate of drug-likeness (QED) is 0.831. The van der Waals surface area contributed by atoms with Gasteiger partial charge in [0, 0.05) is 18.5 Å². The molecule has 1 saturated heterocycles. The molecule has 0 radical (unpaired) electrons. The van der Waals surface area contributed by atoms with Crippen molar-refractivity contribution in [3.8, 4) is 11.8 Å². The highest BCUT2D eigenvalue weighted by Gasteiger charge is 2.35. The van der Waals surface area contributed by atoms with E-state index in [1.165, 1.54) is 0 Å². The molecule has 1 aliphatic heterocycles. The van der Waals surface area contributed by atoms with Gasteiger partial charge in [-0.2, -0.15) is 5.26 Å². The van der Waals surface area contributed by atoms with Crippen molar-refractivity contribution >= 4 is 5.69 Å². The average Bonchev–Trinajstić information content (AvgIpc) is 2.38. The Kier molecular flexibility index (Phi) is 3.99. The predicted molar refractivity (Wildman–Crippen MR) is 77.4 cm³/mol. The monoisotopic (exact) mass is 258 g/mol. The third kappa shape index (κ3) is 2.84. The third-order valence-electron chi connectivity index (χ3n) is 4.04. The van der Waals surface area contributed by atoms with Gasteiger partial charge in [-0.1, -0.05) is 12.1 Å². The van der Waals surface area contributed by atoms with Crippen LogP contribution < -0.4 is 9.64 Å². The SMILES string of the molecule is COc1ccccc1N1CCC(CC#N)CC1(C)C. The molecule has 0 bridgehead atoms. The van der Waals surface area contributed by atoms with Crippen molar-refractivity contribution in [2.45, 2.75) is 38.6 Å². The molecule has 1 aliphatic rings. The fourth-order valence-corrected chi connectivity index (χ4v) is 3.14. The van der Waals surface area contributed by atoms with E-state index >= 15 is 0 Å². The third-order valence-corrected chi connectivity index (χ3v) is 4.04. The Bertz CT molecular complexity index is 476. The Morgan fingerprint density at radius 1 is 1.42 bits per heavy atom. The van der Waals surface area contributed by atoms with Crippen LogP contribution in [-0.4, -0.2) is 19.2 Å². The van der Waals surface area contributed by atoms with Crippen LogP contribution in [-0.2, 0) is 0 Å². The molecule has 1 aromatic carbocycles.